The molecule has 0 aromatic heterocycles. The number of nitrogens with zero attached hydrogens (tertiary/aromatic N) is 1. The number of aliphatic hydroxyl groups is 1. The highest BCUT2D eigenvalue weighted by Crippen LogP contribution is 2.34. The molecule has 3 atom stereocenters. The lowest BCUT2D eigenvalue weighted by atomic mass is 9.86. The third-order valence-electron chi connectivity index (χ3n) is 4.77. The summed E-state index contributed by atoms with van der Waals surface area (Å²) in [5, 5.41) is 10.5. The number of benzene rings is 1. The van der Waals surface area contributed by atoms with Gasteiger partial charge in [0.2, 0.25) is 6.79 Å². The minimum Gasteiger partial charge on any atom is -0.454 e. The van der Waals surface area contributed by atoms with Crippen LogP contribution in [-0.4, -0.2) is 36.4 Å². The number of aliphatic hydroxyl groups excluding tert-OH is 1. The van der Waals surface area contributed by atoms with Crippen LogP contribution in [0, 0.1) is 5.92 Å². The van der Waals surface area contributed by atoms with Gasteiger partial charge in [-0.1, -0.05) is 25.8 Å². The van der Waals surface area contributed by atoms with E-state index in [1.54, 1.807) is 0 Å². The van der Waals surface area contributed by atoms with Crippen molar-refractivity contribution in [3.8, 4) is 11.5 Å². The van der Waals surface area contributed by atoms with Crippen molar-refractivity contribution < 1.29 is 14.6 Å². The standard InChI is InChI=1S/C17H25NO3/c1-12-4-3-5-14(8-12)18(2)10-15(19)13-6-7-16-17(9-13)21-11-20-16/h6-7,9,12,14-15,19H,3-5,8,10-11H2,1-2H3. The summed E-state index contributed by atoms with van der Waals surface area (Å²) in [6.45, 7) is 3.26. The second-order valence-corrected chi connectivity index (χ2v) is 6.49. The molecule has 3 rings (SSSR count). The topological polar surface area (TPSA) is 41.9 Å². The highest BCUT2D eigenvalue weighted by molar-refractivity contribution is 5.45. The van der Waals surface area contributed by atoms with E-state index in [1.807, 2.05) is 18.2 Å². The van der Waals surface area contributed by atoms with Crippen molar-refractivity contribution in [2.75, 3.05) is 20.4 Å². The Labute approximate surface area is 126 Å². The highest BCUT2D eigenvalue weighted by atomic mass is 16.7. The summed E-state index contributed by atoms with van der Waals surface area (Å²) >= 11 is 0. The average Bonchev–Trinajstić information content (AvgIpc) is 2.94. The Hall–Kier alpha value is -1.26. The third-order valence-corrected chi connectivity index (χ3v) is 4.77. The lowest BCUT2D eigenvalue weighted by Gasteiger charge is -2.35. The molecule has 1 N–H and O–H groups in total. The minimum absolute atomic E-state index is 0.273. The van der Waals surface area contributed by atoms with E-state index in [0.717, 1.165) is 23.0 Å². The maximum atomic E-state index is 10.5. The Balaban J connectivity index is 1.61. The zero-order chi connectivity index (χ0) is 14.8. The summed E-state index contributed by atoms with van der Waals surface area (Å²) in [6.07, 6.45) is 4.64. The summed E-state index contributed by atoms with van der Waals surface area (Å²) < 4.78 is 10.7. The lowest BCUT2D eigenvalue weighted by molar-refractivity contribution is 0.0830. The maximum Gasteiger partial charge on any atom is 0.231 e. The molecule has 1 saturated carbocycles. The fourth-order valence-corrected chi connectivity index (χ4v) is 3.45. The van der Waals surface area contributed by atoms with Gasteiger partial charge in [0.05, 0.1) is 6.10 Å². The zero-order valence-corrected chi connectivity index (χ0v) is 12.9. The quantitative estimate of drug-likeness (QED) is 0.926. The number of ether oxygens (including phenoxy) is 2. The van der Waals surface area contributed by atoms with E-state index >= 15 is 0 Å². The van der Waals surface area contributed by atoms with Crippen LogP contribution >= 0.6 is 0 Å². The van der Waals surface area contributed by atoms with E-state index in [0.29, 0.717) is 12.6 Å². The number of fused-ring (bicyclic) bond motifs is 1. The van der Waals surface area contributed by atoms with Gasteiger partial charge in [-0.25, -0.2) is 0 Å². The molecule has 0 radical (unpaired) electrons. The van der Waals surface area contributed by atoms with Crippen LogP contribution in [0.3, 0.4) is 0 Å². The van der Waals surface area contributed by atoms with Gasteiger partial charge in [0.1, 0.15) is 0 Å². The predicted molar refractivity (Wildman–Crippen MR) is 81.6 cm³/mol. The average molecular weight is 291 g/mol. The van der Waals surface area contributed by atoms with Crippen molar-refractivity contribution in [3.05, 3.63) is 23.8 Å². The van der Waals surface area contributed by atoms with E-state index < -0.39 is 6.10 Å². The Morgan fingerprint density at radius 3 is 2.90 bits per heavy atom. The largest absolute Gasteiger partial charge is 0.454 e. The second kappa shape index (κ2) is 6.24. The van der Waals surface area contributed by atoms with Gasteiger partial charge in [-0.15, -0.1) is 0 Å². The molecule has 0 saturated heterocycles. The van der Waals surface area contributed by atoms with Crippen molar-refractivity contribution in [3.63, 3.8) is 0 Å². The van der Waals surface area contributed by atoms with E-state index in [2.05, 4.69) is 18.9 Å². The monoisotopic (exact) mass is 291 g/mol. The number of rotatable bonds is 4. The van der Waals surface area contributed by atoms with E-state index in [1.165, 1.54) is 25.7 Å². The van der Waals surface area contributed by atoms with Crippen LogP contribution in [-0.2, 0) is 0 Å². The fraction of sp³-hybridized carbons (Fsp3) is 0.647. The van der Waals surface area contributed by atoms with Crippen LogP contribution in [0.4, 0.5) is 0 Å². The van der Waals surface area contributed by atoms with Gasteiger partial charge < -0.3 is 19.5 Å². The second-order valence-electron chi connectivity index (χ2n) is 6.49. The van der Waals surface area contributed by atoms with Crippen molar-refractivity contribution in [1.82, 2.24) is 4.90 Å². The molecule has 4 nitrogen and oxygen atoms in total. The third kappa shape index (κ3) is 3.33. The van der Waals surface area contributed by atoms with E-state index in [9.17, 15) is 5.11 Å². The van der Waals surface area contributed by atoms with Gasteiger partial charge in [-0.2, -0.15) is 0 Å². The normalized spacial score (nSPS) is 26.1. The van der Waals surface area contributed by atoms with Gasteiger partial charge in [0, 0.05) is 12.6 Å². The molecule has 1 heterocycles. The van der Waals surface area contributed by atoms with Crippen LogP contribution in [0.5, 0.6) is 11.5 Å². The molecule has 1 fully saturated rings. The smallest absolute Gasteiger partial charge is 0.231 e. The highest BCUT2D eigenvalue weighted by Gasteiger charge is 2.24. The molecule has 4 heteroatoms. The van der Waals surface area contributed by atoms with Crippen LogP contribution in [0.25, 0.3) is 0 Å². The molecule has 3 unspecified atom stereocenters. The van der Waals surface area contributed by atoms with Crippen molar-refractivity contribution >= 4 is 0 Å². The molecule has 0 spiro atoms. The van der Waals surface area contributed by atoms with E-state index in [4.69, 9.17) is 9.47 Å². The predicted octanol–water partition coefficient (Wildman–Crippen LogP) is 2.96. The molecule has 1 aliphatic heterocycles. The molecule has 21 heavy (non-hydrogen) atoms. The van der Waals surface area contributed by atoms with Gasteiger partial charge >= 0.3 is 0 Å². The minimum atomic E-state index is -0.485. The molecular weight excluding hydrogens is 266 g/mol. The first-order valence-corrected chi connectivity index (χ1v) is 7.91. The number of hydrogen-bond donors (Lipinski definition) is 1. The number of hydrogen-bond acceptors (Lipinski definition) is 4. The van der Waals surface area contributed by atoms with Gasteiger partial charge in [-0.05, 0) is 43.5 Å². The lowest BCUT2D eigenvalue weighted by Crippen LogP contribution is -2.38. The molecule has 2 aliphatic rings. The van der Waals surface area contributed by atoms with Crippen LogP contribution in [0.1, 0.15) is 44.3 Å². The Morgan fingerprint density at radius 1 is 1.29 bits per heavy atom. The summed E-state index contributed by atoms with van der Waals surface area (Å²) in [7, 11) is 2.12. The summed E-state index contributed by atoms with van der Waals surface area (Å²) in [5.41, 5.74) is 0.898. The molecule has 1 aromatic rings. The molecule has 0 amide bonds. The fourth-order valence-electron chi connectivity index (χ4n) is 3.45. The first-order chi connectivity index (χ1) is 10.1. The first-order valence-electron chi connectivity index (χ1n) is 7.91. The molecular formula is C17H25NO3. The summed E-state index contributed by atoms with van der Waals surface area (Å²) in [6, 6.07) is 6.29. The van der Waals surface area contributed by atoms with Gasteiger partial charge in [-0.3, -0.25) is 0 Å². The van der Waals surface area contributed by atoms with Crippen LogP contribution in [0.15, 0.2) is 18.2 Å². The molecule has 0 bridgehead atoms. The van der Waals surface area contributed by atoms with Gasteiger partial charge in [0.15, 0.2) is 11.5 Å². The zero-order valence-electron chi connectivity index (χ0n) is 12.9. The Bertz CT molecular complexity index is 491. The Morgan fingerprint density at radius 2 is 2.10 bits per heavy atom. The molecule has 1 aliphatic carbocycles. The molecule has 1 aromatic carbocycles. The SMILES string of the molecule is CC1CCCC(N(C)CC(O)c2ccc3c(c2)OCO3)C1. The summed E-state index contributed by atoms with van der Waals surface area (Å²) in [4.78, 5) is 2.31. The maximum absolute atomic E-state index is 10.5. The van der Waals surface area contributed by atoms with Gasteiger partial charge in [0.25, 0.3) is 0 Å². The van der Waals surface area contributed by atoms with Crippen LogP contribution in [0.2, 0.25) is 0 Å². The van der Waals surface area contributed by atoms with Crippen molar-refractivity contribution in [1.29, 1.82) is 0 Å². The summed E-state index contributed by atoms with van der Waals surface area (Å²) in [5.74, 6) is 2.30. The number of likely N-dealkylation sites (N-methyl/N-ethyl adjacent to an activating group) is 1. The van der Waals surface area contributed by atoms with Crippen LogP contribution < -0.4 is 9.47 Å². The first kappa shape index (κ1) is 14.7. The van der Waals surface area contributed by atoms with E-state index in [-0.39, 0.29) is 6.79 Å². The molecule has 116 valence electrons. The van der Waals surface area contributed by atoms with Crippen molar-refractivity contribution in [2.45, 2.75) is 44.8 Å². The Kier molecular flexibility index (Phi) is 4.36. The van der Waals surface area contributed by atoms with Crippen molar-refractivity contribution in [2.24, 2.45) is 5.92 Å².